The first-order valence-corrected chi connectivity index (χ1v) is 7.91. The first-order chi connectivity index (χ1) is 11.2. The number of hydrogen-bond donors (Lipinski definition) is 1. The summed E-state index contributed by atoms with van der Waals surface area (Å²) < 4.78 is 5.91. The second-order valence-electron chi connectivity index (χ2n) is 5.37. The van der Waals surface area contributed by atoms with E-state index in [0.717, 1.165) is 28.9 Å². The van der Waals surface area contributed by atoms with Gasteiger partial charge in [-0.2, -0.15) is 0 Å². The lowest BCUT2D eigenvalue weighted by atomic mass is 10.1. The lowest BCUT2D eigenvalue weighted by Crippen LogP contribution is -2.25. The minimum absolute atomic E-state index is 0.0117. The van der Waals surface area contributed by atoms with Gasteiger partial charge in [0.25, 0.3) is 0 Å². The molecule has 3 heteroatoms. The zero-order valence-electron chi connectivity index (χ0n) is 13.5. The maximum absolute atomic E-state index is 12.0. The summed E-state index contributed by atoms with van der Waals surface area (Å²) in [6.07, 6.45) is 3.01. The van der Waals surface area contributed by atoms with Crippen LogP contribution in [0.2, 0.25) is 0 Å². The molecule has 0 saturated carbocycles. The molecule has 0 radical (unpaired) electrons. The van der Waals surface area contributed by atoms with Crippen LogP contribution >= 0.6 is 0 Å². The highest BCUT2D eigenvalue weighted by Crippen LogP contribution is 2.22. The molecule has 0 aliphatic carbocycles. The van der Waals surface area contributed by atoms with Crippen molar-refractivity contribution in [3.8, 4) is 5.75 Å². The Kier molecular flexibility index (Phi) is 6.42. The highest BCUT2D eigenvalue weighted by Gasteiger charge is 2.10. The van der Waals surface area contributed by atoms with Crippen LogP contribution in [0.25, 0.3) is 6.08 Å². The van der Waals surface area contributed by atoms with Crippen LogP contribution in [0.4, 0.5) is 0 Å². The zero-order valence-corrected chi connectivity index (χ0v) is 13.5. The molecule has 0 unspecified atom stereocenters. The predicted octanol–water partition coefficient (Wildman–Crippen LogP) is 3.98. The van der Waals surface area contributed by atoms with E-state index < -0.39 is 0 Å². The highest BCUT2D eigenvalue weighted by molar-refractivity contribution is 5.79. The van der Waals surface area contributed by atoms with Crippen molar-refractivity contribution in [2.24, 2.45) is 0 Å². The summed E-state index contributed by atoms with van der Waals surface area (Å²) in [6, 6.07) is 15.8. The summed E-state index contributed by atoms with van der Waals surface area (Å²) >= 11 is 0. The van der Waals surface area contributed by atoms with Crippen LogP contribution in [0.5, 0.6) is 5.75 Å². The van der Waals surface area contributed by atoms with Gasteiger partial charge in [-0.1, -0.05) is 56.0 Å². The topological polar surface area (TPSA) is 38.3 Å². The van der Waals surface area contributed by atoms with Gasteiger partial charge in [0, 0.05) is 12.1 Å². The number of nitrogens with one attached hydrogen (secondary N) is 1. The number of rotatable bonds is 8. The number of amides is 1. The van der Waals surface area contributed by atoms with Gasteiger partial charge >= 0.3 is 0 Å². The van der Waals surface area contributed by atoms with Gasteiger partial charge in [0.15, 0.2) is 0 Å². The molecule has 1 N–H and O–H groups in total. The number of carbonyl (C=O) groups is 1. The number of benzene rings is 2. The van der Waals surface area contributed by atoms with Gasteiger partial charge in [0.1, 0.15) is 12.4 Å². The van der Waals surface area contributed by atoms with Crippen molar-refractivity contribution in [2.45, 2.75) is 26.4 Å². The molecule has 2 rings (SSSR count). The lowest BCUT2D eigenvalue weighted by molar-refractivity contribution is -0.120. The Morgan fingerprint density at radius 2 is 2.00 bits per heavy atom. The summed E-state index contributed by atoms with van der Waals surface area (Å²) in [5.74, 6) is 0.753. The summed E-state index contributed by atoms with van der Waals surface area (Å²) in [6.45, 7) is 7.00. The van der Waals surface area contributed by atoms with Crippen LogP contribution in [0, 0.1) is 0 Å². The van der Waals surface area contributed by atoms with Gasteiger partial charge in [0.05, 0.1) is 6.42 Å². The first-order valence-electron chi connectivity index (χ1n) is 7.91. The van der Waals surface area contributed by atoms with E-state index in [1.54, 1.807) is 6.08 Å². The third kappa shape index (κ3) is 5.29. The summed E-state index contributed by atoms with van der Waals surface area (Å²) in [7, 11) is 0. The standard InChI is InChI=1S/C20H23NO2/c1-3-12-21-20(22)14-18-13-16(4-2)10-11-19(18)23-15-17-8-6-5-7-9-17/h4-11,13H,2-3,12,14-15H2,1H3,(H,21,22). The Balaban J connectivity index is 2.10. The average Bonchev–Trinajstić information content (AvgIpc) is 2.59. The summed E-state index contributed by atoms with van der Waals surface area (Å²) in [5, 5.41) is 2.90. The quantitative estimate of drug-likeness (QED) is 0.801. The van der Waals surface area contributed by atoms with Gasteiger partial charge < -0.3 is 10.1 Å². The van der Waals surface area contributed by atoms with Gasteiger partial charge in [-0.05, 0) is 29.7 Å². The van der Waals surface area contributed by atoms with Crippen molar-refractivity contribution in [1.29, 1.82) is 0 Å². The van der Waals surface area contributed by atoms with E-state index in [9.17, 15) is 4.79 Å². The monoisotopic (exact) mass is 309 g/mol. The fraction of sp³-hybridized carbons (Fsp3) is 0.250. The van der Waals surface area contributed by atoms with Crippen LogP contribution in [0.3, 0.4) is 0 Å². The first kappa shape index (κ1) is 16.8. The maximum atomic E-state index is 12.0. The van der Waals surface area contributed by atoms with Crippen LogP contribution < -0.4 is 10.1 Å². The van der Waals surface area contributed by atoms with Gasteiger partial charge in [-0.15, -0.1) is 0 Å². The maximum Gasteiger partial charge on any atom is 0.224 e. The molecule has 23 heavy (non-hydrogen) atoms. The van der Waals surface area contributed by atoms with Crippen molar-refractivity contribution >= 4 is 12.0 Å². The molecule has 1 amide bonds. The summed E-state index contributed by atoms with van der Waals surface area (Å²) in [4.78, 5) is 12.0. The minimum Gasteiger partial charge on any atom is -0.489 e. The third-order valence-electron chi connectivity index (χ3n) is 3.48. The molecule has 0 aromatic heterocycles. The van der Waals surface area contributed by atoms with E-state index in [2.05, 4.69) is 11.9 Å². The smallest absolute Gasteiger partial charge is 0.224 e. The normalized spacial score (nSPS) is 10.1. The van der Waals surface area contributed by atoms with Gasteiger partial charge in [-0.25, -0.2) is 0 Å². The fourth-order valence-corrected chi connectivity index (χ4v) is 2.24. The molecule has 3 nitrogen and oxygen atoms in total. The molecule has 2 aromatic carbocycles. The molecule has 0 spiro atoms. The Labute approximate surface area is 138 Å². The zero-order chi connectivity index (χ0) is 16.5. The average molecular weight is 309 g/mol. The van der Waals surface area contributed by atoms with Gasteiger partial charge in [0.2, 0.25) is 5.91 Å². The fourth-order valence-electron chi connectivity index (χ4n) is 2.24. The molecule has 0 atom stereocenters. The van der Waals surface area contributed by atoms with Crippen LogP contribution in [-0.2, 0) is 17.8 Å². The van der Waals surface area contributed by atoms with Crippen molar-refractivity contribution in [3.63, 3.8) is 0 Å². The predicted molar refractivity (Wildman–Crippen MR) is 94.3 cm³/mol. The number of ether oxygens (including phenoxy) is 1. The Morgan fingerprint density at radius 3 is 2.70 bits per heavy atom. The molecular weight excluding hydrogens is 286 g/mol. The third-order valence-corrected chi connectivity index (χ3v) is 3.48. The molecule has 0 aliphatic rings. The minimum atomic E-state index is 0.0117. The van der Waals surface area contributed by atoms with E-state index in [1.807, 2.05) is 55.5 Å². The van der Waals surface area contributed by atoms with E-state index in [-0.39, 0.29) is 5.91 Å². The molecule has 0 fully saturated rings. The van der Waals surface area contributed by atoms with Crippen LogP contribution in [0.15, 0.2) is 55.1 Å². The Bertz CT molecular complexity index is 650. The summed E-state index contributed by atoms with van der Waals surface area (Å²) in [5.41, 5.74) is 2.96. The van der Waals surface area contributed by atoms with Crippen molar-refractivity contribution in [2.75, 3.05) is 6.54 Å². The largest absolute Gasteiger partial charge is 0.489 e. The van der Waals surface area contributed by atoms with E-state index in [4.69, 9.17) is 4.74 Å². The molecule has 0 aliphatic heterocycles. The highest BCUT2D eigenvalue weighted by atomic mass is 16.5. The van der Waals surface area contributed by atoms with Crippen molar-refractivity contribution < 1.29 is 9.53 Å². The van der Waals surface area contributed by atoms with E-state index in [0.29, 0.717) is 19.6 Å². The second kappa shape index (κ2) is 8.79. The Hall–Kier alpha value is -2.55. The van der Waals surface area contributed by atoms with Crippen molar-refractivity contribution in [3.05, 3.63) is 71.8 Å². The molecular formula is C20H23NO2. The lowest BCUT2D eigenvalue weighted by Gasteiger charge is -2.13. The van der Waals surface area contributed by atoms with E-state index >= 15 is 0 Å². The molecule has 0 heterocycles. The Morgan fingerprint density at radius 1 is 1.22 bits per heavy atom. The van der Waals surface area contributed by atoms with Crippen molar-refractivity contribution in [1.82, 2.24) is 5.32 Å². The van der Waals surface area contributed by atoms with Crippen LogP contribution in [0.1, 0.15) is 30.0 Å². The molecule has 120 valence electrons. The van der Waals surface area contributed by atoms with E-state index in [1.165, 1.54) is 0 Å². The SMILES string of the molecule is C=Cc1ccc(OCc2ccccc2)c(CC(=O)NCCC)c1. The molecule has 0 bridgehead atoms. The molecule has 0 saturated heterocycles. The van der Waals surface area contributed by atoms with Crippen LogP contribution in [-0.4, -0.2) is 12.5 Å². The van der Waals surface area contributed by atoms with Gasteiger partial charge in [-0.3, -0.25) is 4.79 Å². The molecule has 2 aromatic rings. The second-order valence-corrected chi connectivity index (χ2v) is 5.37. The number of carbonyl (C=O) groups excluding carboxylic acids is 1. The number of hydrogen-bond acceptors (Lipinski definition) is 2.